The molecular weight excluding hydrogens is 338 g/mol. The predicted molar refractivity (Wildman–Crippen MR) is 104 cm³/mol. The molecule has 0 unspecified atom stereocenters. The van der Waals surface area contributed by atoms with Crippen LogP contribution in [0, 0.1) is 0 Å². The van der Waals surface area contributed by atoms with Crippen molar-refractivity contribution in [3.8, 4) is 0 Å². The maximum atomic E-state index is 13.0. The largest absolute Gasteiger partial charge is 0.338 e. The quantitative estimate of drug-likeness (QED) is 0.886. The van der Waals surface area contributed by atoms with Crippen LogP contribution in [-0.2, 0) is 21.4 Å². The van der Waals surface area contributed by atoms with Gasteiger partial charge < -0.3 is 10.2 Å². The lowest BCUT2D eigenvalue weighted by atomic mass is 9.73. The Balaban J connectivity index is 1.58. The first-order valence-electron chi connectivity index (χ1n) is 9.76. The van der Waals surface area contributed by atoms with Crippen LogP contribution in [0.5, 0.6) is 0 Å². The minimum atomic E-state index is -0.598. The van der Waals surface area contributed by atoms with Crippen LogP contribution in [0.3, 0.4) is 0 Å². The first-order valence-corrected chi connectivity index (χ1v) is 9.76. The normalized spacial score (nSPS) is 23.5. The van der Waals surface area contributed by atoms with Gasteiger partial charge in [-0.05, 0) is 48.6 Å². The summed E-state index contributed by atoms with van der Waals surface area (Å²) in [5, 5.41) is 3.05. The van der Waals surface area contributed by atoms with Crippen LogP contribution in [0.2, 0.25) is 0 Å². The summed E-state index contributed by atoms with van der Waals surface area (Å²) >= 11 is 0. The number of anilines is 1. The van der Waals surface area contributed by atoms with E-state index < -0.39 is 5.41 Å². The zero-order valence-corrected chi connectivity index (χ0v) is 15.6. The van der Waals surface area contributed by atoms with Crippen molar-refractivity contribution in [1.29, 1.82) is 0 Å². The Labute approximate surface area is 159 Å². The van der Waals surface area contributed by atoms with E-state index in [0.29, 0.717) is 25.8 Å². The van der Waals surface area contributed by atoms with Gasteiger partial charge in [-0.25, -0.2) is 0 Å². The molecule has 3 heterocycles. The van der Waals surface area contributed by atoms with Crippen molar-refractivity contribution in [3.05, 3.63) is 59.9 Å². The molecule has 0 radical (unpaired) electrons. The average molecular weight is 363 g/mol. The summed E-state index contributed by atoms with van der Waals surface area (Å²) in [5.74, 6) is 0.186. The number of benzene rings is 1. The van der Waals surface area contributed by atoms with Gasteiger partial charge in [0.25, 0.3) is 0 Å². The van der Waals surface area contributed by atoms with Gasteiger partial charge in [-0.3, -0.25) is 14.6 Å². The molecule has 0 bridgehead atoms. The Morgan fingerprint density at radius 2 is 2.04 bits per heavy atom. The third-order valence-electron chi connectivity index (χ3n) is 6.01. The van der Waals surface area contributed by atoms with Crippen molar-refractivity contribution in [2.75, 3.05) is 11.9 Å². The molecule has 0 aliphatic carbocycles. The smallest absolute Gasteiger partial charge is 0.237 e. The van der Waals surface area contributed by atoms with Crippen LogP contribution in [0.1, 0.15) is 43.7 Å². The Hall–Kier alpha value is -2.69. The third-order valence-corrected chi connectivity index (χ3v) is 6.01. The molecule has 1 saturated heterocycles. The summed E-state index contributed by atoms with van der Waals surface area (Å²) in [6, 6.07) is 11.7. The van der Waals surface area contributed by atoms with Crippen molar-refractivity contribution < 1.29 is 9.59 Å². The fourth-order valence-corrected chi connectivity index (χ4v) is 4.72. The molecule has 2 aromatic rings. The lowest BCUT2D eigenvalue weighted by Crippen LogP contribution is -2.48. The molecule has 2 atom stereocenters. The second-order valence-electron chi connectivity index (χ2n) is 7.47. The summed E-state index contributed by atoms with van der Waals surface area (Å²) in [7, 11) is 0. The molecular formula is C22H25N3O2. The first-order chi connectivity index (χ1) is 13.2. The maximum Gasteiger partial charge on any atom is 0.237 e. The number of amides is 2. The standard InChI is InChI=1S/C22H25N3O2/c1-2-5-19-22(17-6-3-4-7-18(17)24-21(22)27)12-15-25(19)20(26)9-8-16-10-13-23-14-11-16/h3-4,6-7,10-11,13-14,19H,2,5,8-9,12,15H2,1H3,(H,24,27)/t19-,22-/m0/s1. The van der Waals surface area contributed by atoms with Crippen molar-refractivity contribution in [1.82, 2.24) is 9.88 Å². The van der Waals surface area contributed by atoms with Crippen LogP contribution in [0.25, 0.3) is 0 Å². The number of rotatable bonds is 5. The highest BCUT2D eigenvalue weighted by Gasteiger charge is 2.58. The van der Waals surface area contributed by atoms with E-state index >= 15 is 0 Å². The molecule has 0 saturated carbocycles. The molecule has 2 amide bonds. The number of pyridine rings is 1. The Kier molecular flexibility index (Phi) is 4.68. The van der Waals surface area contributed by atoms with Gasteiger partial charge in [0.15, 0.2) is 0 Å². The zero-order valence-electron chi connectivity index (χ0n) is 15.6. The number of likely N-dealkylation sites (tertiary alicyclic amines) is 1. The summed E-state index contributed by atoms with van der Waals surface area (Å²) < 4.78 is 0. The number of carbonyl (C=O) groups is 2. The Morgan fingerprint density at radius 1 is 1.26 bits per heavy atom. The fraction of sp³-hybridized carbons (Fsp3) is 0.409. The van der Waals surface area contributed by atoms with Crippen molar-refractivity contribution in [2.24, 2.45) is 0 Å². The molecule has 1 fully saturated rings. The van der Waals surface area contributed by atoms with Gasteiger partial charge in [0.1, 0.15) is 0 Å². The lowest BCUT2D eigenvalue weighted by Gasteiger charge is -2.34. The highest BCUT2D eigenvalue weighted by molar-refractivity contribution is 6.07. The van der Waals surface area contributed by atoms with E-state index in [1.54, 1.807) is 12.4 Å². The monoisotopic (exact) mass is 363 g/mol. The molecule has 1 aromatic heterocycles. The number of aryl methyl sites for hydroxylation is 1. The van der Waals surface area contributed by atoms with E-state index in [2.05, 4.69) is 17.2 Å². The molecule has 2 aliphatic rings. The number of hydrogen-bond acceptors (Lipinski definition) is 3. The first kappa shape index (κ1) is 17.7. The molecule has 27 heavy (non-hydrogen) atoms. The second-order valence-corrected chi connectivity index (χ2v) is 7.47. The van der Waals surface area contributed by atoms with Gasteiger partial charge in [0.05, 0.1) is 11.5 Å². The summed E-state index contributed by atoms with van der Waals surface area (Å²) in [6.07, 6.45) is 7.14. The van der Waals surface area contributed by atoms with Crippen molar-refractivity contribution >= 4 is 17.5 Å². The summed E-state index contributed by atoms with van der Waals surface area (Å²) in [6.45, 7) is 2.76. The van der Waals surface area contributed by atoms with Gasteiger partial charge >= 0.3 is 0 Å². The highest BCUT2D eigenvalue weighted by Crippen LogP contribution is 2.49. The number of nitrogens with zero attached hydrogens (tertiary/aromatic N) is 2. The molecule has 1 spiro atoms. The maximum absolute atomic E-state index is 13.0. The minimum absolute atomic E-state index is 0.0478. The molecule has 2 aliphatic heterocycles. The van der Waals surface area contributed by atoms with Crippen LogP contribution in [0.4, 0.5) is 5.69 Å². The number of nitrogens with one attached hydrogen (secondary N) is 1. The van der Waals surface area contributed by atoms with Crippen LogP contribution in [-0.4, -0.2) is 34.3 Å². The molecule has 1 aromatic carbocycles. The van der Waals surface area contributed by atoms with Gasteiger partial charge in [0, 0.05) is 31.0 Å². The number of aromatic nitrogens is 1. The van der Waals surface area contributed by atoms with Crippen LogP contribution in [0.15, 0.2) is 48.8 Å². The van der Waals surface area contributed by atoms with Gasteiger partial charge in [-0.1, -0.05) is 31.5 Å². The Bertz CT molecular complexity index is 852. The van der Waals surface area contributed by atoms with Gasteiger partial charge in [-0.2, -0.15) is 0 Å². The van der Waals surface area contributed by atoms with Crippen molar-refractivity contribution in [3.63, 3.8) is 0 Å². The predicted octanol–water partition coefficient (Wildman–Crippen LogP) is 3.31. The van der Waals surface area contributed by atoms with E-state index in [9.17, 15) is 9.59 Å². The van der Waals surface area contributed by atoms with Crippen LogP contribution >= 0.6 is 0 Å². The van der Waals surface area contributed by atoms with Crippen molar-refractivity contribution in [2.45, 2.75) is 50.5 Å². The SMILES string of the molecule is CCC[C@@H]1N(C(=O)CCc2ccncc2)CC[C@@]12C(=O)Nc1ccccc12. The lowest BCUT2D eigenvalue weighted by molar-refractivity contribution is -0.133. The number of carbonyl (C=O) groups excluding carboxylic acids is 2. The van der Waals surface area contributed by atoms with Gasteiger partial charge in [0.2, 0.25) is 11.8 Å². The number of hydrogen-bond donors (Lipinski definition) is 1. The topological polar surface area (TPSA) is 62.3 Å². The molecule has 140 valence electrons. The molecule has 5 nitrogen and oxygen atoms in total. The third kappa shape index (κ3) is 2.91. The minimum Gasteiger partial charge on any atom is -0.338 e. The average Bonchev–Trinajstić information content (AvgIpc) is 3.21. The molecule has 5 heteroatoms. The van der Waals surface area contributed by atoms with E-state index in [1.165, 1.54) is 0 Å². The molecule has 4 rings (SSSR count). The number of fused-ring (bicyclic) bond motifs is 2. The second kappa shape index (κ2) is 7.14. The fourth-order valence-electron chi connectivity index (χ4n) is 4.72. The van der Waals surface area contributed by atoms with Gasteiger partial charge in [-0.15, -0.1) is 0 Å². The molecule has 1 N–H and O–H groups in total. The number of para-hydroxylation sites is 1. The summed E-state index contributed by atoms with van der Waals surface area (Å²) in [5.41, 5.74) is 2.47. The van der Waals surface area contributed by atoms with E-state index in [1.807, 2.05) is 41.3 Å². The van der Waals surface area contributed by atoms with Crippen LogP contribution < -0.4 is 5.32 Å². The van der Waals surface area contributed by atoms with E-state index in [-0.39, 0.29) is 17.9 Å². The Morgan fingerprint density at radius 3 is 2.81 bits per heavy atom. The zero-order chi connectivity index (χ0) is 18.9. The summed E-state index contributed by atoms with van der Waals surface area (Å²) in [4.78, 5) is 32.1. The van der Waals surface area contributed by atoms with E-state index in [4.69, 9.17) is 0 Å². The highest BCUT2D eigenvalue weighted by atomic mass is 16.2. The van der Waals surface area contributed by atoms with E-state index in [0.717, 1.165) is 29.7 Å².